The summed E-state index contributed by atoms with van der Waals surface area (Å²) in [5, 5.41) is 10.1. The molecule has 0 aliphatic rings. The smallest absolute Gasteiger partial charge is 0.330 e. The molecule has 0 aliphatic heterocycles. The normalized spacial score (nSPS) is 8.25. The second-order valence-electron chi connectivity index (χ2n) is 1.83. The predicted molar refractivity (Wildman–Crippen MR) is 46.7 cm³/mol. The van der Waals surface area contributed by atoms with Gasteiger partial charge in [0.15, 0.2) is 0 Å². The van der Waals surface area contributed by atoms with Gasteiger partial charge < -0.3 is 10.4 Å². The fourth-order valence-corrected chi connectivity index (χ4v) is 0.0722. The van der Waals surface area contributed by atoms with Crippen molar-refractivity contribution in [3.63, 3.8) is 0 Å². The molecule has 4 nitrogen and oxygen atoms in total. The van der Waals surface area contributed by atoms with Crippen LogP contribution >= 0.6 is 0 Å². The number of hydrogen-bond acceptors (Lipinski definition) is 2. The molecule has 0 aromatic heterocycles. The monoisotopic (exact) mass is 172 g/mol. The number of carbonyl (C=O) groups excluding carboxylic acids is 1. The van der Waals surface area contributed by atoms with E-state index in [-0.39, 0.29) is 18.5 Å². The number of likely N-dealkylation sites (N-methyl/N-ethyl adjacent to an activating group) is 1. The zero-order valence-electron chi connectivity index (χ0n) is 7.96. The molecule has 0 unspecified atom stereocenters. The summed E-state index contributed by atoms with van der Waals surface area (Å²) in [7, 11) is -0.0785. The summed E-state index contributed by atoms with van der Waals surface area (Å²) in [5.74, 6) is -1.23. The van der Waals surface area contributed by atoms with E-state index in [1.807, 2.05) is 0 Å². The molecule has 68 valence electrons. The number of nitrogens with one attached hydrogen (secondary N) is 1. The predicted octanol–water partition coefficient (Wildman–Crippen LogP) is 0.565. The summed E-state index contributed by atoms with van der Waals surface area (Å²) < 4.78 is 6.46. The number of aliphatic carboxylic acids is 1. The van der Waals surface area contributed by atoms with E-state index < -0.39 is 5.97 Å². The second-order valence-corrected chi connectivity index (χ2v) is 1.83. The van der Waals surface area contributed by atoms with Gasteiger partial charge in [0.05, 0.1) is 0 Å². The molecule has 0 saturated heterocycles. The average Bonchev–Trinajstić information content (AvgIpc) is 2.05. The van der Waals surface area contributed by atoms with Crippen molar-refractivity contribution in [2.45, 2.75) is 6.92 Å². The zero-order chi connectivity index (χ0) is 10.9. The fraction of sp³-hybridized carbons (Fsp3) is 0.250. The first-order valence-electron chi connectivity index (χ1n) is 3.74. The molecule has 0 rings (SSSR count). The van der Waals surface area contributed by atoms with E-state index in [2.05, 4.69) is 18.5 Å². The van der Waals surface area contributed by atoms with Gasteiger partial charge >= 0.3 is 5.97 Å². The van der Waals surface area contributed by atoms with E-state index in [0.717, 1.165) is 6.08 Å². The Kier molecular flexibility index (Phi) is 6.54. The van der Waals surface area contributed by atoms with Gasteiger partial charge in [-0.2, -0.15) is 0 Å². The highest BCUT2D eigenvalue weighted by molar-refractivity contribution is 5.86. The van der Waals surface area contributed by atoms with Crippen LogP contribution in [0.5, 0.6) is 0 Å². The Labute approximate surface area is 73.0 Å². The van der Waals surface area contributed by atoms with Crippen molar-refractivity contribution in [3.05, 3.63) is 24.8 Å². The van der Waals surface area contributed by atoms with Gasteiger partial charge in [0.1, 0.15) is 0 Å². The van der Waals surface area contributed by atoms with E-state index >= 15 is 0 Å². The summed E-state index contributed by atoms with van der Waals surface area (Å²) in [6, 6.07) is 0. The van der Waals surface area contributed by atoms with Crippen LogP contribution in [0.3, 0.4) is 0 Å². The molecule has 0 heterocycles. The number of carboxylic acid groups (broad SMARTS) is 1. The summed E-state index contributed by atoms with van der Waals surface area (Å²) in [5.41, 5.74) is 0.176. The maximum atomic E-state index is 10.1. The lowest BCUT2D eigenvalue weighted by Crippen LogP contribution is -2.13. The van der Waals surface area contributed by atoms with Gasteiger partial charge in [0.2, 0.25) is 5.91 Å². The van der Waals surface area contributed by atoms with Gasteiger partial charge in [-0.3, -0.25) is 4.79 Å². The summed E-state index contributed by atoms with van der Waals surface area (Å²) >= 11 is 0. The third-order valence-corrected chi connectivity index (χ3v) is 0.725. The van der Waals surface area contributed by atoms with Crippen LogP contribution < -0.4 is 5.32 Å². The van der Waals surface area contributed by atoms with Gasteiger partial charge in [-0.1, -0.05) is 13.2 Å². The summed E-state index contributed by atoms with van der Waals surface area (Å²) in [4.78, 5) is 19.7. The average molecular weight is 172 g/mol. The number of rotatable bonds is 2. The SMILES string of the molecule is C=C(C)C(=O)O.[2H]CNC(=O)C=C. The van der Waals surface area contributed by atoms with Crippen LogP contribution in [-0.4, -0.2) is 24.0 Å². The highest BCUT2D eigenvalue weighted by Gasteiger charge is 1.90. The van der Waals surface area contributed by atoms with E-state index in [1.165, 1.54) is 6.92 Å². The van der Waals surface area contributed by atoms with Crippen molar-refractivity contribution in [1.29, 1.82) is 0 Å². The molecule has 0 spiro atoms. The minimum atomic E-state index is -0.935. The molecule has 1 amide bonds. The maximum Gasteiger partial charge on any atom is 0.330 e. The minimum Gasteiger partial charge on any atom is -0.478 e. The van der Waals surface area contributed by atoms with E-state index in [9.17, 15) is 9.59 Å². The van der Waals surface area contributed by atoms with Crippen molar-refractivity contribution in [1.82, 2.24) is 5.32 Å². The molecule has 0 aromatic rings. The van der Waals surface area contributed by atoms with Crippen molar-refractivity contribution in [3.8, 4) is 0 Å². The number of carboxylic acids is 1. The van der Waals surface area contributed by atoms with Gasteiger partial charge in [-0.25, -0.2) is 4.79 Å². The third kappa shape index (κ3) is 11.2. The molecule has 0 bridgehead atoms. The van der Waals surface area contributed by atoms with Gasteiger partial charge in [0, 0.05) is 14.0 Å². The van der Waals surface area contributed by atoms with Crippen LogP contribution in [0.1, 0.15) is 8.29 Å². The van der Waals surface area contributed by atoms with Crippen LogP contribution in [0.15, 0.2) is 24.8 Å². The molecule has 0 atom stereocenters. The molecular weight excluding hydrogens is 158 g/mol. The minimum absolute atomic E-state index is 0.0785. The Balaban J connectivity index is 0. The fourth-order valence-electron chi connectivity index (χ4n) is 0.0722. The zero-order valence-corrected chi connectivity index (χ0v) is 6.96. The molecule has 0 aromatic carbocycles. The highest BCUT2D eigenvalue weighted by Crippen LogP contribution is 1.81. The number of amides is 1. The molecule has 0 fully saturated rings. The topological polar surface area (TPSA) is 66.4 Å². The molecule has 0 saturated carbocycles. The Morgan fingerprint density at radius 3 is 2.17 bits per heavy atom. The van der Waals surface area contributed by atoms with Crippen molar-refractivity contribution in [2.24, 2.45) is 0 Å². The lowest BCUT2D eigenvalue weighted by Gasteiger charge is -1.82. The first-order valence-corrected chi connectivity index (χ1v) is 3.04. The summed E-state index contributed by atoms with van der Waals surface area (Å²) in [6.45, 7) is 7.79. The first kappa shape index (κ1) is 10.4. The van der Waals surface area contributed by atoms with Crippen LogP contribution in [0.25, 0.3) is 0 Å². The molecule has 4 heteroatoms. The van der Waals surface area contributed by atoms with Gasteiger partial charge in [0.25, 0.3) is 0 Å². The largest absolute Gasteiger partial charge is 0.478 e. The third-order valence-electron chi connectivity index (χ3n) is 0.725. The Bertz CT molecular complexity index is 201. The van der Waals surface area contributed by atoms with Gasteiger partial charge in [-0.15, -0.1) is 0 Å². The van der Waals surface area contributed by atoms with Crippen LogP contribution in [0.4, 0.5) is 0 Å². The molecule has 12 heavy (non-hydrogen) atoms. The van der Waals surface area contributed by atoms with E-state index in [1.54, 1.807) is 0 Å². The van der Waals surface area contributed by atoms with Crippen molar-refractivity contribution in [2.75, 3.05) is 7.02 Å². The van der Waals surface area contributed by atoms with E-state index in [0.29, 0.717) is 0 Å². The van der Waals surface area contributed by atoms with Crippen molar-refractivity contribution >= 4 is 11.9 Å². The Morgan fingerprint density at radius 2 is 2.08 bits per heavy atom. The first-order chi connectivity index (χ1) is 5.95. The van der Waals surface area contributed by atoms with E-state index in [4.69, 9.17) is 6.48 Å². The second kappa shape index (κ2) is 7.53. The molecule has 2 N–H and O–H groups in total. The maximum absolute atomic E-state index is 10.1. The number of hydrogen-bond donors (Lipinski definition) is 2. The Morgan fingerprint density at radius 1 is 1.67 bits per heavy atom. The quantitative estimate of drug-likeness (QED) is 0.598. The Hall–Kier alpha value is -1.58. The number of carbonyl (C=O) groups is 2. The summed E-state index contributed by atoms with van der Waals surface area (Å²) in [6.07, 6.45) is 1.13. The van der Waals surface area contributed by atoms with Crippen LogP contribution in [-0.2, 0) is 9.59 Å². The molecular formula is C8H13NO3. The van der Waals surface area contributed by atoms with Crippen molar-refractivity contribution < 1.29 is 16.1 Å². The lowest BCUT2D eigenvalue weighted by molar-refractivity contribution is -0.132. The highest BCUT2D eigenvalue weighted by atomic mass is 16.4. The van der Waals surface area contributed by atoms with Crippen LogP contribution in [0.2, 0.25) is 0 Å². The molecule has 0 radical (unpaired) electrons. The molecule has 0 aliphatic carbocycles. The standard InChI is InChI=1S/C4H7NO.C4H6O2/c1-3-4(6)5-2;1-3(2)4(5)6/h3H,1H2,2H3,(H,5,6);1H2,2H3,(H,5,6)/i2D;. The van der Waals surface area contributed by atoms with Gasteiger partial charge in [-0.05, 0) is 13.0 Å². The van der Waals surface area contributed by atoms with Crippen LogP contribution in [0, 0.1) is 0 Å². The lowest BCUT2D eigenvalue weighted by atomic mass is 10.4.